The Balaban J connectivity index is 1.54. The molecule has 0 unspecified atom stereocenters. The summed E-state index contributed by atoms with van der Waals surface area (Å²) in [7, 11) is 0. The molecule has 3 heterocycles. The molecule has 1 aromatic carbocycles. The first-order chi connectivity index (χ1) is 12.7. The fourth-order valence-corrected chi connectivity index (χ4v) is 5.78. The van der Waals surface area contributed by atoms with E-state index in [2.05, 4.69) is 70.0 Å². The van der Waals surface area contributed by atoms with E-state index >= 15 is 0 Å². The standard InChI is InChI=1S/C20H17BrN2S3/c1-2-3-4-13-5-7-14(8-6-13)15-11-24-19(22-15)20-23-16(12-25-20)17-9-10-18(21)26-17/h5-12H,2-4H2,1H3. The van der Waals surface area contributed by atoms with E-state index in [1.54, 1.807) is 34.0 Å². The van der Waals surface area contributed by atoms with Gasteiger partial charge in [-0.3, -0.25) is 0 Å². The molecule has 0 spiro atoms. The number of unbranched alkanes of at least 4 members (excludes halogenated alkanes) is 1. The maximum Gasteiger partial charge on any atom is 0.152 e. The molecule has 4 aromatic rings. The Morgan fingerprint density at radius 2 is 1.58 bits per heavy atom. The minimum Gasteiger partial charge on any atom is -0.233 e. The number of nitrogens with zero attached hydrogens (tertiary/aromatic N) is 2. The average molecular weight is 461 g/mol. The molecule has 26 heavy (non-hydrogen) atoms. The van der Waals surface area contributed by atoms with Crippen LogP contribution in [-0.2, 0) is 6.42 Å². The highest BCUT2D eigenvalue weighted by molar-refractivity contribution is 9.11. The van der Waals surface area contributed by atoms with Crippen molar-refractivity contribution in [2.45, 2.75) is 26.2 Å². The molecule has 0 fully saturated rings. The number of halogens is 1. The van der Waals surface area contributed by atoms with Crippen LogP contribution in [0, 0.1) is 0 Å². The second kappa shape index (κ2) is 8.13. The van der Waals surface area contributed by atoms with Crippen LogP contribution >= 0.6 is 49.9 Å². The van der Waals surface area contributed by atoms with Gasteiger partial charge in [0.25, 0.3) is 0 Å². The molecule has 0 radical (unpaired) electrons. The lowest BCUT2D eigenvalue weighted by atomic mass is 10.1. The molecule has 132 valence electrons. The van der Waals surface area contributed by atoms with E-state index in [1.165, 1.54) is 28.8 Å². The van der Waals surface area contributed by atoms with Crippen molar-refractivity contribution < 1.29 is 0 Å². The first-order valence-electron chi connectivity index (χ1n) is 8.49. The molecule has 4 rings (SSSR count). The summed E-state index contributed by atoms with van der Waals surface area (Å²) in [5.41, 5.74) is 4.63. The Hall–Kier alpha value is -1.34. The van der Waals surface area contributed by atoms with Crippen molar-refractivity contribution >= 4 is 49.9 Å². The molecular weight excluding hydrogens is 444 g/mol. The number of hydrogen-bond acceptors (Lipinski definition) is 5. The molecule has 0 amide bonds. The maximum atomic E-state index is 4.82. The van der Waals surface area contributed by atoms with Crippen molar-refractivity contribution in [3.63, 3.8) is 0 Å². The molecule has 0 aliphatic heterocycles. The third-order valence-electron chi connectivity index (χ3n) is 4.09. The number of aromatic nitrogens is 2. The number of benzene rings is 1. The second-order valence-electron chi connectivity index (χ2n) is 5.98. The SMILES string of the molecule is CCCCc1ccc(-c2csc(-c3nc(-c4ccc(Br)s4)cs3)n2)cc1. The lowest BCUT2D eigenvalue weighted by molar-refractivity contribution is 0.795. The summed E-state index contributed by atoms with van der Waals surface area (Å²) in [5.74, 6) is 0. The molecule has 0 aliphatic carbocycles. The van der Waals surface area contributed by atoms with Gasteiger partial charge >= 0.3 is 0 Å². The van der Waals surface area contributed by atoms with Gasteiger partial charge in [-0.25, -0.2) is 9.97 Å². The highest BCUT2D eigenvalue weighted by Gasteiger charge is 2.12. The quantitative estimate of drug-likeness (QED) is 0.293. The van der Waals surface area contributed by atoms with E-state index in [-0.39, 0.29) is 0 Å². The predicted molar refractivity (Wildman–Crippen MR) is 118 cm³/mol. The van der Waals surface area contributed by atoms with E-state index in [0.29, 0.717) is 0 Å². The van der Waals surface area contributed by atoms with Crippen molar-refractivity contribution in [3.05, 3.63) is 56.5 Å². The molecule has 3 aromatic heterocycles. The van der Waals surface area contributed by atoms with Crippen LogP contribution in [0.4, 0.5) is 0 Å². The van der Waals surface area contributed by atoms with Gasteiger partial charge in [-0.2, -0.15) is 0 Å². The molecule has 0 bridgehead atoms. The molecule has 0 N–H and O–H groups in total. The van der Waals surface area contributed by atoms with E-state index in [0.717, 1.165) is 31.6 Å². The van der Waals surface area contributed by atoms with Gasteiger partial charge < -0.3 is 0 Å². The maximum absolute atomic E-state index is 4.82. The van der Waals surface area contributed by atoms with Crippen LogP contribution < -0.4 is 0 Å². The van der Waals surface area contributed by atoms with Gasteiger partial charge in [-0.15, -0.1) is 34.0 Å². The fraction of sp³-hybridized carbons (Fsp3) is 0.200. The summed E-state index contributed by atoms with van der Waals surface area (Å²) in [6.45, 7) is 2.23. The van der Waals surface area contributed by atoms with Crippen molar-refractivity contribution in [2.24, 2.45) is 0 Å². The lowest BCUT2D eigenvalue weighted by Gasteiger charge is -2.01. The van der Waals surface area contributed by atoms with Gasteiger partial charge in [-0.1, -0.05) is 37.6 Å². The molecule has 0 atom stereocenters. The first kappa shape index (κ1) is 18.0. The molecular formula is C20H17BrN2S3. The molecule has 0 saturated heterocycles. The van der Waals surface area contributed by atoms with Gasteiger partial charge in [-0.05, 0) is 46.5 Å². The minimum absolute atomic E-state index is 0.986. The van der Waals surface area contributed by atoms with Gasteiger partial charge in [0.1, 0.15) is 0 Å². The van der Waals surface area contributed by atoms with Crippen molar-refractivity contribution in [2.75, 3.05) is 0 Å². The molecule has 6 heteroatoms. The summed E-state index contributed by atoms with van der Waals surface area (Å²) in [6, 6.07) is 13.0. The van der Waals surface area contributed by atoms with Gasteiger partial charge in [0.2, 0.25) is 0 Å². The number of thiazole rings is 2. The summed E-state index contributed by atoms with van der Waals surface area (Å²) >= 11 is 8.53. The summed E-state index contributed by atoms with van der Waals surface area (Å²) in [4.78, 5) is 10.8. The Labute approximate surface area is 173 Å². The Morgan fingerprint density at radius 3 is 2.23 bits per heavy atom. The van der Waals surface area contributed by atoms with Crippen molar-refractivity contribution in [3.8, 4) is 31.8 Å². The predicted octanol–water partition coefficient (Wildman–Crippen LogP) is 7.77. The monoisotopic (exact) mass is 460 g/mol. The zero-order valence-electron chi connectivity index (χ0n) is 14.2. The van der Waals surface area contributed by atoms with Gasteiger partial charge in [0, 0.05) is 16.3 Å². The molecule has 0 aliphatic rings. The van der Waals surface area contributed by atoms with E-state index < -0.39 is 0 Å². The lowest BCUT2D eigenvalue weighted by Crippen LogP contribution is -1.85. The Kier molecular flexibility index (Phi) is 5.64. The van der Waals surface area contributed by atoms with Crippen LogP contribution in [-0.4, -0.2) is 9.97 Å². The third-order valence-corrected chi connectivity index (χ3v) is 7.56. The van der Waals surface area contributed by atoms with Crippen molar-refractivity contribution in [1.82, 2.24) is 9.97 Å². The smallest absolute Gasteiger partial charge is 0.152 e. The number of thiophene rings is 1. The molecule has 2 nitrogen and oxygen atoms in total. The number of hydrogen-bond donors (Lipinski definition) is 0. The summed E-state index contributed by atoms with van der Waals surface area (Å²) < 4.78 is 1.13. The number of rotatable bonds is 6. The third kappa shape index (κ3) is 3.98. The normalized spacial score (nSPS) is 11.2. The minimum atomic E-state index is 0.986. The fourth-order valence-electron chi connectivity index (χ4n) is 2.66. The van der Waals surface area contributed by atoms with E-state index in [4.69, 9.17) is 9.97 Å². The van der Waals surface area contributed by atoms with Crippen LogP contribution in [0.25, 0.3) is 31.8 Å². The first-order valence-corrected chi connectivity index (χ1v) is 11.9. The van der Waals surface area contributed by atoms with Crippen LogP contribution in [0.2, 0.25) is 0 Å². The van der Waals surface area contributed by atoms with Crippen LogP contribution in [0.1, 0.15) is 25.3 Å². The van der Waals surface area contributed by atoms with Crippen LogP contribution in [0.5, 0.6) is 0 Å². The van der Waals surface area contributed by atoms with Gasteiger partial charge in [0.05, 0.1) is 20.1 Å². The zero-order valence-corrected chi connectivity index (χ0v) is 18.3. The van der Waals surface area contributed by atoms with Crippen LogP contribution in [0.3, 0.4) is 0 Å². The largest absolute Gasteiger partial charge is 0.233 e. The zero-order chi connectivity index (χ0) is 17.9. The summed E-state index contributed by atoms with van der Waals surface area (Å²) in [5, 5.41) is 6.21. The highest BCUT2D eigenvalue weighted by Crippen LogP contribution is 2.36. The van der Waals surface area contributed by atoms with E-state index in [1.807, 2.05) is 0 Å². The van der Waals surface area contributed by atoms with Crippen molar-refractivity contribution in [1.29, 1.82) is 0 Å². The average Bonchev–Trinajstić information content (AvgIpc) is 3.40. The highest BCUT2D eigenvalue weighted by atomic mass is 79.9. The van der Waals surface area contributed by atoms with Gasteiger partial charge in [0.15, 0.2) is 10.0 Å². The topological polar surface area (TPSA) is 25.8 Å². The Bertz CT molecular complexity index is 998. The molecule has 0 saturated carbocycles. The summed E-state index contributed by atoms with van der Waals surface area (Å²) in [6.07, 6.45) is 3.63. The Morgan fingerprint density at radius 1 is 0.885 bits per heavy atom. The second-order valence-corrected chi connectivity index (χ2v) is 10.2. The van der Waals surface area contributed by atoms with Crippen LogP contribution in [0.15, 0.2) is 50.9 Å². The van der Waals surface area contributed by atoms with E-state index in [9.17, 15) is 0 Å². The number of aryl methyl sites for hydroxylation is 1.